The van der Waals surface area contributed by atoms with Crippen LogP contribution in [0.15, 0.2) is 0 Å². The molecule has 0 aliphatic heterocycles. The van der Waals surface area contributed by atoms with E-state index in [1.165, 1.54) is 0 Å². The van der Waals surface area contributed by atoms with Crippen molar-refractivity contribution in [1.82, 2.24) is 0 Å². The van der Waals surface area contributed by atoms with E-state index >= 15 is 0 Å². The molecule has 1 unspecified atom stereocenters. The second-order valence-corrected chi connectivity index (χ2v) is 3.30. The molecule has 0 rings (SSSR count). The maximum Gasteiger partial charge on any atom is 0.211 e. The third-order valence-electron chi connectivity index (χ3n) is 0.603. The standard InChI is InChI=1S/C3H8FNO3S/c4-1-3(6)2-9(5,7)8/h3,6H,1-2H2,(H2,5,7,8). The first-order valence-electron chi connectivity index (χ1n) is 2.20. The van der Waals surface area contributed by atoms with Crippen molar-refractivity contribution in [2.24, 2.45) is 5.14 Å². The molecule has 9 heavy (non-hydrogen) atoms. The van der Waals surface area contributed by atoms with E-state index < -0.39 is 28.6 Å². The van der Waals surface area contributed by atoms with Crippen LogP contribution in [-0.2, 0) is 10.0 Å². The summed E-state index contributed by atoms with van der Waals surface area (Å²) in [5.74, 6) is -0.719. The fourth-order valence-electron chi connectivity index (χ4n) is 0.313. The predicted octanol–water partition coefficient (Wildman–Crippen LogP) is -1.39. The van der Waals surface area contributed by atoms with Gasteiger partial charge in [0.15, 0.2) is 0 Å². The Labute approximate surface area is 52.5 Å². The minimum Gasteiger partial charge on any atom is -0.389 e. The first-order valence-corrected chi connectivity index (χ1v) is 3.92. The Morgan fingerprint density at radius 3 is 2.22 bits per heavy atom. The molecule has 0 saturated carbocycles. The molecule has 0 radical (unpaired) electrons. The summed E-state index contributed by atoms with van der Waals surface area (Å²) >= 11 is 0. The van der Waals surface area contributed by atoms with E-state index in [1.54, 1.807) is 0 Å². The van der Waals surface area contributed by atoms with E-state index in [1.807, 2.05) is 0 Å². The highest BCUT2D eigenvalue weighted by molar-refractivity contribution is 7.89. The lowest BCUT2D eigenvalue weighted by atomic mass is 10.5. The third kappa shape index (κ3) is 5.67. The lowest BCUT2D eigenvalue weighted by Crippen LogP contribution is -2.27. The molecule has 56 valence electrons. The van der Waals surface area contributed by atoms with Gasteiger partial charge in [-0.15, -0.1) is 0 Å². The van der Waals surface area contributed by atoms with Gasteiger partial charge in [0.25, 0.3) is 0 Å². The van der Waals surface area contributed by atoms with Gasteiger partial charge in [0.05, 0.1) is 11.9 Å². The molecule has 0 spiro atoms. The Kier molecular flexibility index (Phi) is 3.02. The zero-order chi connectivity index (χ0) is 7.49. The molecule has 1 atom stereocenters. The first-order chi connectivity index (χ1) is 3.95. The molecule has 0 amide bonds. The molecule has 4 nitrogen and oxygen atoms in total. The van der Waals surface area contributed by atoms with Crippen LogP contribution in [0.1, 0.15) is 0 Å². The number of sulfonamides is 1. The zero-order valence-electron chi connectivity index (χ0n) is 4.62. The highest BCUT2D eigenvalue weighted by Gasteiger charge is 2.11. The summed E-state index contributed by atoms with van der Waals surface area (Å²) in [4.78, 5) is 0. The summed E-state index contributed by atoms with van der Waals surface area (Å²) in [7, 11) is -3.73. The van der Waals surface area contributed by atoms with Crippen LogP contribution in [-0.4, -0.2) is 32.1 Å². The Hall–Kier alpha value is -0.200. The van der Waals surface area contributed by atoms with E-state index in [0.717, 1.165) is 0 Å². The number of halogens is 1. The molecule has 0 aromatic carbocycles. The van der Waals surface area contributed by atoms with Gasteiger partial charge in [-0.25, -0.2) is 17.9 Å². The molecule has 0 fully saturated rings. The van der Waals surface area contributed by atoms with Gasteiger partial charge >= 0.3 is 0 Å². The molecule has 0 aromatic rings. The number of alkyl halides is 1. The van der Waals surface area contributed by atoms with Crippen LogP contribution in [0.4, 0.5) is 4.39 Å². The minimum absolute atomic E-state index is 0.719. The summed E-state index contributed by atoms with van der Waals surface area (Å²) < 4.78 is 31.5. The second kappa shape index (κ2) is 3.09. The van der Waals surface area contributed by atoms with Gasteiger partial charge < -0.3 is 5.11 Å². The molecule has 0 heterocycles. The molecule has 0 bridgehead atoms. The highest BCUT2D eigenvalue weighted by Crippen LogP contribution is 1.87. The maximum absolute atomic E-state index is 11.3. The van der Waals surface area contributed by atoms with Crippen molar-refractivity contribution in [2.45, 2.75) is 6.10 Å². The van der Waals surface area contributed by atoms with Crippen molar-refractivity contribution in [3.63, 3.8) is 0 Å². The fourth-order valence-corrected chi connectivity index (χ4v) is 0.938. The fraction of sp³-hybridized carbons (Fsp3) is 1.00. The van der Waals surface area contributed by atoms with Gasteiger partial charge in [-0.05, 0) is 0 Å². The van der Waals surface area contributed by atoms with Crippen molar-refractivity contribution in [2.75, 3.05) is 12.4 Å². The number of rotatable bonds is 3. The van der Waals surface area contributed by atoms with Crippen molar-refractivity contribution in [1.29, 1.82) is 0 Å². The largest absolute Gasteiger partial charge is 0.389 e. The normalized spacial score (nSPS) is 15.4. The van der Waals surface area contributed by atoms with Crippen molar-refractivity contribution < 1.29 is 17.9 Å². The average molecular weight is 157 g/mol. The number of hydrogen-bond donors (Lipinski definition) is 2. The van der Waals surface area contributed by atoms with E-state index in [4.69, 9.17) is 5.11 Å². The Balaban J connectivity index is 3.75. The summed E-state index contributed by atoms with van der Waals surface area (Å²) in [5.41, 5.74) is 0. The maximum atomic E-state index is 11.3. The Morgan fingerprint density at radius 1 is 1.67 bits per heavy atom. The van der Waals surface area contributed by atoms with Crippen molar-refractivity contribution >= 4 is 10.0 Å². The lowest BCUT2D eigenvalue weighted by molar-refractivity contribution is 0.160. The summed E-state index contributed by atoms with van der Waals surface area (Å²) in [6, 6.07) is 0. The second-order valence-electron chi connectivity index (χ2n) is 1.64. The van der Waals surface area contributed by atoms with Gasteiger partial charge in [0.1, 0.15) is 6.67 Å². The van der Waals surface area contributed by atoms with Crippen LogP contribution in [0.25, 0.3) is 0 Å². The first kappa shape index (κ1) is 8.80. The number of nitrogens with two attached hydrogens (primary N) is 1. The molecule has 0 saturated heterocycles. The van der Waals surface area contributed by atoms with Crippen LogP contribution in [0.3, 0.4) is 0 Å². The SMILES string of the molecule is NS(=O)(=O)CC(O)CF. The average Bonchev–Trinajstić information content (AvgIpc) is 1.62. The van der Waals surface area contributed by atoms with E-state index in [-0.39, 0.29) is 0 Å². The van der Waals surface area contributed by atoms with E-state index in [2.05, 4.69) is 5.14 Å². The van der Waals surface area contributed by atoms with E-state index in [0.29, 0.717) is 0 Å². The number of hydrogen-bond acceptors (Lipinski definition) is 3. The Morgan fingerprint density at radius 2 is 2.11 bits per heavy atom. The van der Waals surface area contributed by atoms with Crippen molar-refractivity contribution in [3.05, 3.63) is 0 Å². The highest BCUT2D eigenvalue weighted by atomic mass is 32.2. The van der Waals surface area contributed by atoms with Gasteiger partial charge in [0.2, 0.25) is 10.0 Å². The van der Waals surface area contributed by atoms with Gasteiger partial charge in [-0.2, -0.15) is 0 Å². The molecular formula is C3H8FNO3S. The van der Waals surface area contributed by atoms with Gasteiger partial charge in [-0.1, -0.05) is 0 Å². The van der Waals surface area contributed by atoms with Crippen LogP contribution >= 0.6 is 0 Å². The lowest BCUT2D eigenvalue weighted by Gasteiger charge is -2.00. The summed E-state index contributed by atoms with van der Waals surface area (Å²) in [5, 5.41) is 12.8. The smallest absolute Gasteiger partial charge is 0.211 e. The monoisotopic (exact) mass is 157 g/mol. The number of primary sulfonamides is 1. The topological polar surface area (TPSA) is 80.4 Å². The minimum atomic E-state index is -3.73. The summed E-state index contributed by atoms with van der Waals surface area (Å²) in [6.07, 6.45) is -1.49. The van der Waals surface area contributed by atoms with Gasteiger partial charge in [0, 0.05) is 0 Å². The number of aliphatic hydroxyl groups is 1. The molecular weight excluding hydrogens is 149 g/mol. The zero-order valence-corrected chi connectivity index (χ0v) is 5.44. The van der Waals surface area contributed by atoms with Crippen LogP contribution in [0.2, 0.25) is 0 Å². The van der Waals surface area contributed by atoms with Crippen LogP contribution in [0.5, 0.6) is 0 Å². The third-order valence-corrected chi connectivity index (χ3v) is 1.45. The van der Waals surface area contributed by atoms with Crippen molar-refractivity contribution in [3.8, 4) is 0 Å². The van der Waals surface area contributed by atoms with E-state index in [9.17, 15) is 12.8 Å². The quantitative estimate of drug-likeness (QED) is 0.529. The van der Waals surface area contributed by atoms with Gasteiger partial charge in [-0.3, -0.25) is 0 Å². The molecule has 6 heteroatoms. The van der Waals surface area contributed by atoms with Crippen LogP contribution < -0.4 is 5.14 Å². The predicted molar refractivity (Wildman–Crippen MR) is 30.0 cm³/mol. The number of aliphatic hydroxyl groups excluding tert-OH is 1. The Bertz CT molecular complexity index is 166. The molecule has 0 aliphatic carbocycles. The molecule has 0 aromatic heterocycles. The molecule has 0 aliphatic rings. The summed E-state index contributed by atoms with van der Waals surface area (Å²) in [6.45, 7) is -1.09. The van der Waals surface area contributed by atoms with Crippen LogP contribution in [0, 0.1) is 0 Å². The molecule has 3 N–H and O–H groups in total.